The number of esters is 3. The lowest BCUT2D eigenvalue weighted by molar-refractivity contribution is -0.167. The molecule has 79 heavy (non-hydrogen) atoms. The van der Waals surface area contributed by atoms with Crippen LogP contribution in [0.2, 0.25) is 0 Å². The Morgan fingerprint density at radius 3 is 0.696 bits per heavy atom. The molecule has 0 aliphatic carbocycles. The van der Waals surface area contributed by atoms with E-state index in [-0.39, 0.29) is 31.1 Å². The van der Waals surface area contributed by atoms with Crippen molar-refractivity contribution in [3.63, 3.8) is 0 Å². The minimum absolute atomic E-state index is 0.0685. The van der Waals surface area contributed by atoms with Gasteiger partial charge in [0.1, 0.15) is 13.2 Å². The molecule has 0 saturated heterocycles. The van der Waals surface area contributed by atoms with Gasteiger partial charge in [0.05, 0.1) is 0 Å². The predicted octanol–water partition coefficient (Wildman–Crippen LogP) is 24.6. The summed E-state index contributed by atoms with van der Waals surface area (Å²) in [4.78, 5) is 38.0. The highest BCUT2D eigenvalue weighted by Gasteiger charge is 2.19. The molecule has 0 aliphatic heterocycles. The second-order valence-electron chi connectivity index (χ2n) is 24.5. The normalized spacial score (nSPS) is 12.1. The van der Waals surface area contributed by atoms with E-state index < -0.39 is 6.10 Å². The van der Waals surface area contributed by atoms with Gasteiger partial charge in [-0.05, 0) is 51.4 Å². The Bertz CT molecular complexity index is 1270. The molecule has 0 amide bonds. The Hall–Kier alpha value is -2.11. The molecule has 6 nitrogen and oxygen atoms in total. The van der Waals surface area contributed by atoms with Gasteiger partial charge in [-0.15, -0.1) is 0 Å². The molecule has 0 heterocycles. The van der Waals surface area contributed by atoms with Crippen molar-refractivity contribution in [3.8, 4) is 0 Å². The number of ether oxygens (including phenoxy) is 3. The van der Waals surface area contributed by atoms with Gasteiger partial charge in [0.15, 0.2) is 6.10 Å². The third-order valence-electron chi connectivity index (χ3n) is 16.5. The van der Waals surface area contributed by atoms with Crippen LogP contribution in [0.25, 0.3) is 0 Å². The number of hydrogen-bond acceptors (Lipinski definition) is 6. The highest BCUT2D eigenvalue weighted by atomic mass is 16.6. The number of carbonyl (C=O) groups is 3. The van der Waals surface area contributed by atoms with E-state index in [1.807, 2.05) is 0 Å². The van der Waals surface area contributed by atoms with Crippen molar-refractivity contribution in [2.75, 3.05) is 13.2 Å². The summed E-state index contributed by atoms with van der Waals surface area (Å²) in [6, 6.07) is 0. The smallest absolute Gasteiger partial charge is 0.306 e. The maximum atomic E-state index is 12.8. The topological polar surface area (TPSA) is 78.9 Å². The van der Waals surface area contributed by atoms with Crippen LogP contribution < -0.4 is 0 Å². The molecule has 6 heteroatoms. The first-order chi connectivity index (χ1) is 39.0. The molecule has 0 aromatic heterocycles. The average Bonchev–Trinajstić information content (AvgIpc) is 3.45. The van der Waals surface area contributed by atoms with Crippen LogP contribution in [0.4, 0.5) is 0 Å². The molecule has 0 spiro atoms. The Labute approximate surface area is 493 Å². The number of rotatable bonds is 67. The summed E-state index contributed by atoms with van der Waals surface area (Å²) in [7, 11) is 0. The fourth-order valence-corrected chi connectivity index (χ4v) is 11.1. The monoisotopic (exact) mass is 1110 g/mol. The van der Waals surface area contributed by atoms with Crippen LogP contribution in [-0.2, 0) is 28.6 Å². The van der Waals surface area contributed by atoms with E-state index in [1.54, 1.807) is 0 Å². The predicted molar refractivity (Wildman–Crippen MR) is 344 cm³/mol. The van der Waals surface area contributed by atoms with Crippen molar-refractivity contribution in [1.29, 1.82) is 0 Å². The van der Waals surface area contributed by atoms with Gasteiger partial charge >= 0.3 is 17.9 Å². The Morgan fingerprint density at radius 1 is 0.253 bits per heavy atom. The zero-order valence-corrected chi connectivity index (χ0v) is 53.7. The van der Waals surface area contributed by atoms with E-state index in [2.05, 4.69) is 45.1 Å². The second kappa shape index (κ2) is 68.4. The lowest BCUT2D eigenvalue weighted by atomic mass is 10.0. The molecule has 1 unspecified atom stereocenters. The maximum absolute atomic E-state index is 12.8. The Morgan fingerprint density at radius 2 is 0.456 bits per heavy atom. The Kier molecular flexibility index (Phi) is 66.6. The molecule has 0 rings (SSSR count). The molecule has 0 aromatic rings. The largest absolute Gasteiger partial charge is 0.462 e. The van der Waals surface area contributed by atoms with Crippen LogP contribution in [-0.4, -0.2) is 37.2 Å². The molecule has 1 atom stereocenters. The molecule has 0 radical (unpaired) electrons. The SMILES string of the molecule is CCCCCCC/C=C\C/C=C\CCCCCCCCCCCC(=O)OC(COC(=O)CCCCCCC)COC(=O)CCCCCCCCCCCCCCCCCCCCCCCCCCCCCCCCCCCCC. The van der Waals surface area contributed by atoms with Crippen LogP contribution in [0.15, 0.2) is 24.3 Å². The zero-order valence-electron chi connectivity index (χ0n) is 53.7. The number of unbranched alkanes of at least 4 members (excludes halogenated alkanes) is 52. The first kappa shape index (κ1) is 76.9. The molecule has 0 fully saturated rings. The third-order valence-corrected chi connectivity index (χ3v) is 16.5. The van der Waals surface area contributed by atoms with Crippen LogP contribution in [0.3, 0.4) is 0 Å². The van der Waals surface area contributed by atoms with Gasteiger partial charge in [0, 0.05) is 19.3 Å². The van der Waals surface area contributed by atoms with Gasteiger partial charge in [0.2, 0.25) is 0 Å². The molecular formula is C73H138O6. The standard InChI is InChI=1S/C73H138O6/c1-4-7-10-13-15-17-19-21-23-25-27-29-30-31-32-33-34-35-36-37-38-39-40-41-42-44-45-47-49-51-53-55-57-60-63-66-72(75)78-69-70(68-77-71(74)65-62-59-12-9-6-3)79-73(76)67-64-61-58-56-54-52-50-48-46-43-28-26-24-22-20-18-16-14-11-8-5-2/h20,22,26,28,70H,4-19,21,23-25,27,29-69H2,1-3H3/b22-20-,28-26-. The third kappa shape index (κ3) is 66.6. The number of hydrogen-bond donors (Lipinski definition) is 0. The average molecular weight is 1110 g/mol. The van der Waals surface area contributed by atoms with Gasteiger partial charge in [-0.3, -0.25) is 14.4 Å². The van der Waals surface area contributed by atoms with Crippen LogP contribution in [0.1, 0.15) is 406 Å². The fourth-order valence-electron chi connectivity index (χ4n) is 11.1. The maximum Gasteiger partial charge on any atom is 0.306 e. The summed E-state index contributed by atoms with van der Waals surface area (Å²) in [5.41, 5.74) is 0. The van der Waals surface area contributed by atoms with Gasteiger partial charge in [-0.2, -0.15) is 0 Å². The van der Waals surface area contributed by atoms with Crippen molar-refractivity contribution >= 4 is 17.9 Å². The van der Waals surface area contributed by atoms with Crippen molar-refractivity contribution < 1.29 is 28.6 Å². The minimum Gasteiger partial charge on any atom is -0.462 e. The van der Waals surface area contributed by atoms with E-state index in [4.69, 9.17) is 14.2 Å². The summed E-state index contributed by atoms with van der Waals surface area (Å²) in [6.45, 7) is 6.61. The van der Waals surface area contributed by atoms with Crippen molar-refractivity contribution in [3.05, 3.63) is 24.3 Å². The van der Waals surface area contributed by atoms with E-state index >= 15 is 0 Å². The van der Waals surface area contributed by atoms with Crippen molar-refractivity contribution in [2.24, 2.45) is 0 Å². The highest BCUT2D eigenvalue weighted by molar-refractivity contribution is 5.71. The molecule has 0 aliphatic rings. The minimum atomic E-state index is -0.768. The lowest BCUT2D eigenvalue weighted by Crippen LogP contribution is -2.30. The molecular weight excluding hydrogens is 973 g/mol. The van der Waals surface area contributed by atoms with E-state index in [0.29, 0.717) is 19.3 Å². The molecule has 466 valence electrons. The molecule has 0 saturated carbocycles. The molecule has 0 aromatic carbocycles. The van der Waals surface area contributed by atoms with Crippen LogP contribution in [0, 0.1) is 0 Å². The van der Waals surface area contributed by atoms with Gasteiger partial charge in [0.25, 0.3) is 0 Å². The van der Waals surface area contributed by atoms with Crippen LogP contribution >= 0.6 is 0 Å². The fraction of sp³-hybridized carbons (Fsp3) is 0.904. The summed E-state index contributed by atoms with van der Waals surface area (Å²) in [6.07, 6.45) is 84.3. The summed E-state index contributed by atoms with van der Waals surface area (Å²) < 4.78 is 16.8. The number of carbonyl (C=O) groups excluding carboxylic acids is 3. The van der Waals surface area contributed by atoms with E-state index in [0.717, 1.165) is 70.6 Å². The van der Waals surface area contributed by atoms with E-state index in [1.165, 1.54) is 295 Å². The number of allylic oxidation sites excluding steroid dienone is 4. The first-order valence-corrected chi connectivity index (χ1v) is 35.8. The molecule has 0 N–H and O–H groups in total. The van der Waals surface area contributed by atoms with Gasteiger partial charge in [-0.25, -0.2) is 0 Å². The first-order valence-electron chi connectivity index (χ1n) is 35.8. The summed E-state index contributed by atoms with van der Waals surface area (Å²) in [5.74, 6) is -0.862. The zero-order chi connectivity index (χ0) is 57.1. The molecule has 0 bridgehead atoms. The Balaban J connectivity index is 3.85. The van der Waals surface area contributed by atoms with Crippen LogP contribution in [0.5, 0.6) is 0 Å². The van der Waals surface area contributed by atoms with E-state index in [9.17, 15) is 14.4 Å². The van der Waals surface area contributed by atoms with Crippen molar-refractivity contribution in [2.45, 2.75) is 412 Å². The van der Waals surface area contributed by atoms with Crippen molar-refractivity contribution in [1.82, 2.24) is 0 Å². The van der Waals surface area contributed by atoms with Gasteiger partial charge in [-0.1, -0.05) is 360 Å². The highest BCUT2D eigenvalue weighted by Crippen LogP contribution is 2.19. The summed E-state index contributed by atoms with van der Waals surface area (Å²) in [5, 5.41) is 0. The quantitative estimate of drug-likeness (QED) is 0.0261. The summed E-state index contributed by atoms with van der Waals surface area (Å²) >= 11 is 0. The lowest BCUT2D eigenvalue weighted by Gasteiger charge is -2.18. The second-order valence-corrected chi connectivity index (χ2v) is 24.5. The van der Waals surface area contributed by atoms with Gasteiger partial charge < -0.3 is 14.2 Å².